The van der Waals surface area contributed by atoms with Gasteiger partial charge in [0.25, 0.3) is 0 Å². The number of aryl methyl sites for hydroxylation is 1. The van der Waals surface area contributed by atoms with Crippen LogP contribution in [0.2, 0.25) is 0 Å². The Kier molecular flexibility index (Phi) is 5.47. The number of piperidine rings is 1. The molecule has 1 aliphatic rings. The minimum Gasteiger partial charge on any atom is -0.463 e. The van der Waals surface area contributed by atoms with Crippen molar-refractivity contribution in [2.45, 2.75) is 57.3 Å². The van der Waals surface area contributed by atoms with Crippen molar-refractivity contribution in [2.24, 2.45) is 0 Å². The number of hydrogen-bond acceptors (Lipinski definition) is 3. The van der Waals surface area contributed by atoms with Gasteiger partial charge in [0.2, 0.25) is 5.60 Å². The van der Waals surface area contributed by atoms with E-state index in [2.05, 4.69) is 5.32 Å². The number of alkyl halides is 3. The van der Waals surface area contributed by atoms with Gasteiger partial charge in [-0.3, -0.25) is 0 Å². The van der Waals surface area contributed by atoms with Gasteiger partial charge in [-0.2, -0.15) is 13.2 Å². The molecule has 2 heterocycles. The van der Waals surface area contributed by atoms with Crippen LogP contribution in [0.5, 0.6) is 0 Å². The smallest absolute Gasteiger partial charge is 0.424 e. The number of nitrogens with zero attached hydrogens (tertiary/aromatic N) is 1. The van der Waals surface area contributed by atoms with E-state index < -0.39 is 30.0 Å². The van der Waals surface area contributed by atoms with E-state index in [-0.39, 0.29) is 18.3 Å². The third-order valence-corrected chi connectivity index (χ3v) is 4.44. The van der Waals surface area contributed by atoms with Gasteiger partial charge in [0.1, 0.15) is 11.5 Å². The Hall–Kier alpha value is -1.70. The van der Waals surface area contributed by atoms with Gasteiger partial charge in [0.05, 0.1) is 0 Å². The summed E-state index contributed by atoms with van der Waals surface area (Å²) in [5.74, 6) is -0.285. The summed E-state index contributed by atoms with van der Waals surface area (Å²) >= 11 is 0. The SMILES string of the molecule is Cc1ccc([C@](O)(CCNC(=O)N2CCCC[C@@H]2C)C(F)(F)F)o1. The lowest BCUT2D eigenvalue weighted by atomic mass is 9.95. The summed E-state index contributed by atoms with van der Waals surface area (Å²) in [7, 11) is 0. The zero-order valence-corrected chi connectivity index (χ0v) is 13.8. The lowest BCUT2D eigenvalue weighted by Crippen LogP contribution is -2.49. The third-order valence-electron chi connectivity index (χ3n) is 4.44. The van der Waals surface area contributed by atoms with Crippen molar-refractivity contribution >= 4 is 6.03 Å². The molecule has 2 rings (SSSR count). The molecule has 0 saturated carbocycles. The van der Waals surface area contributed by atoms with Gasteiger partial charge in [-0.25, -0.2) is 4.79 Å². The number of amides is 2. The fourth-order valence-corrected chi connectivity index (χ4v) is 2.91. The maximum absolute atomic E-state index is 13.3. The molecular formula is C16H23F3N2O3. The summed E-state index contributed by atoms with van der Waals surface area (Å²) in [4.78, 5) is 13.7. The molecule has 2 amide bonds. The van der Waals surface area contributed by atoms with Gasteiger partial charge in [-0.05, 0) is 45.2 Å². The fourth-order valence-electron chi connectivity index (χ4n) is 2.91. The van der Waals surface area contributed by atoms with Crippen LogP contribution in [0.15, 0.2) is 16.5 Å². The van der Waals surface area contributed by atoms with Crippen LogP contribution in [0.3, 0.4) is 0 Å². The van der Waals surface area contributed by atoms with Crippen molar-refractivity contribution in [3.63, 3.8) is 0 Å². The van der Waals surface area contributed by atoms with E-state index in [4.69, 9.17) is 4.42 Å². The molecule has 1 aliphatic heterocycles. The maximum Gasteiger partial charge on any atom is 0.424 e. The third kappa shape index (κ3) is 3.85. The van der Waals surface area contributed by atoms with Crippen LogP contribution >= 0.6 is 0 Å². The fraction of sp³-hybridized carbons (Fsp3) is 0.688. The molecule has 0 unspecified atom stereocenters. The Morgan fingerprint density at radius 3 is 2.67 bits per heavy atom. The molecule has 24 heavy (non-hydrogen) atoms. The van der Waals surface area contributed by atoms with Gasteiger partial charge in [-0.15, -0.1) is 0 Å². The topological polar surface area (TPSA) is 65.7 Å². The van der Waals surface area contributed by atoms with Gasteiger partial charge in [0.15, 0.2) is 0 Å². The van der Waals surface area contributed by atoms with Crippen LogP contribution in [0.25, 0.3) is 0 Å². The molecule has 0 spiro atoms. The van der Waals surface area contributed by atoms with Crippen molar-refractivity contribution in [2.75, 3.05) is 13.1 Å². The number of nitrogens with one attached hydrogen (secondary N) is 1. The predicted octanol–water partition coefficient (Wildman–Crippen LogP) is 3.31. The normalized spacial score (nSPS) is 21.4. The molecule has 1 fully saturated rings. The molecule has 2 atom stereocenters. The highest BCUT2D eigenvalue weighted by Gasteiger charge is 2.56. The first-order chi connectivity index (χ1) is 11.1. The van der Waals surface area contributed by atoms with Crippen LogP contribution in [0.1, 0.15) is 44.1 Å². The first-order valence-electron chi connectivity index (χ1n) is 8.05. The van der Waals surface area contributed by atoms with E-state index in [1.807, 2.05) is 6.92 Å². The molecule has 0 bridgehead atoms. The minimum atomic E-state index is -4.90. The standard InChI is InChI=1S/C16H23F3N2O3/c1-11-5-3-4-10-21(11)14(22)20-9-8-15(23,16(17,18)19)13-7-6-12(2)24-13/h6-7,11,23H,3-5,8-10H2,1-2H3,(H,20,22)/t11-,15+/m0/s1. The Balaban J connectivity index is 2.00. The van der Waals surface area contributed by atoms with Crippen molar-refractivity contribution in [3.8, 4) is 0 Å². The number of halogens is 3. The summed E-state index contributed by atoms with van der Waals surface area (Å²) in [6.07, 6.45) is -2.81. The molecule has 0 aromatic carbocycles. The molecule has 136 valence electrons. The Bertz CT molecular complexity index is 573. The molecule has 5 nitrogen and oxygen atoms in total. The van der Waals surface area contributed by atoms with E-state index in [0.717, 1.165) is 25.3 Å². The molecule has 1 aromatic heterocycles. The average molecular weight is 348 g/mol. The zero-order chi connectivity index (χ0) is 18.0. The first kappa shape index (κ1) is 18.6. The van der Waals surface area contributed by atoms with E-state index in [1.54, 1.807) is 4.90 Å². The number of urea groups is 1. The Morgan fingerprint density at radius 2 is 2.12 bits per heavy atom. The highest BCUT2D eigenvalue weighted by Crippen LogP contribution is 2.42. The van der Waals surface area contributed by atoms with Crippen LogP contribution in [-0.4, -0.2) is 41.3 Å². The quantitative estimate of drug-likeness (QED) is 0.877. The van der Waals surface area contributed by atoms with Crippen molar-refractivity contribution in [1.82, 2.24) is 10.2 Å². The molecule has 1 aromatic rings. The monoisotopic (exact) mass is 348 g/mol. The molecule has 0 radical (unpaired) electrons. The molecule has 2 N–H and O–H groups in total. The second-order valence-corrected chi connectivity index (χ2v) is 6.29. The average Bonchev–Trinajstić information content (AvgIpc) is 2.93. The molecule has 8 heteroatoms. The van der Waals surface area contributed by atoms with Crippen LogP contribution < -0.4 is 5.32 Å². The number of carbonyl (C=O) groups is 1. The van der Waals surface area contributed by atoms with Gasteiger partial charge >= 0.3 is 12.2 Å². The van der Waals surface area contributed by atoms with Crippen LogP contribution in [-0.2, 0) is 5.60 Å². The lowest BCUT2D eigenvalue weighted by molar-refractivity contribution is -0.274. The predicted molar refractivity (Wildman–Crippen MR) is 81.4 cm³/mol. The Labute approximate surface area is 138 Å². The van der Waals surface area contributed by atoms with Crippen molar-refractivity contribution in [1.29, 1.82) is 0 Å². The van der Waals surface area contributed by atoms with Crippen molar-refractivity contribution < 1.29 is 27.5 Å². The number of carbonyl (C=O) groups excluding carboxylic acids is 1. The largest absolute Gasteiger partial charge is 0.463 e. The summed E-state index contributed by atoms with van der Waals surface area (Å²) in [5.41, 5.74) is -3.12. The maximum atomic E-state index is 13.3. The second kappa shape index (κ2) is 7.04. The summed E-state index contributed by atoms with van der Waals surface area (Å²) in [5, 5.41) is 12.6. The second-order valence-electron chi connectivity index (χ2n) is 6.29. The van der Waals surface area contributed by atoms with Crippen molar-refractivity contribution in [3.05, 3.63) is 23.7 Å². The van der Waals surface area contributed by atoms with Crippen LogP contribution in [0, 0.1) is 6.92 Å². The lowest BCUT2D eigenvalue weighted by Gasteiger charge is -2.34. The molecular weight excluding hydrogens is 325 g/mol. The first-order valence-corrected chi connectivity index (χ1v) is 8.05. The van der Waals surface area contributed by atoms with E-state index in [0.29, 0.717) is 6.54 Å². The van der Waals surface area contributed by atoms with Gasteiger partial charge in [-0.1, -0.05) is 0 Å². The number of furan rings is 1. The van der Waals surface area contributed by atoms with E-state index in [9.17, 15) is 23.1 Å². The zero-order valence-electron chi connectivity index (χ0n) is 13.8. The molecule has 0 aliphatic carbocycles. The number of likely N-dealkylation sites (tertiary alicyclic amines) is 1. The Morgan fingerprint density at radius 1 is 1.42 bits per heavy atom. The highest BCUT2D eigenvalue weighted by molar-refractivity contribution is 5.74. The van der Waals surface area contributed by atoms with Gasteiger partial charge in [0, 0.05) is 25.6 Å². The highest BCUT2D eigenvalue weighted by atomic mass is 19.4. The minimum absolute atomic E-state index is 0.0629. The number of hydrogen-bond donors (Lipinski definition) is 2. The number of rotatable bonds is 4. The summed E-state index contributed by atoms with van der Waals surface area (Å²) < 4.78 is 44.9. The van der Waals surface area contributed by atoms with E-state index in [1.165, 1.54) is 13.0 Å². The molecule has 1 saturated heterocycles. The number of aliphatic hydroxyl groups is 1. The van der Waals surface area contributed by atoms with E-state index >= 15 is 0 Å². The summed E-state index contributed by atoms with van der Waals surface area (Å²) in [6, 6.07) is 2.13. The van der Waals surface area contributed by atoms with Crippen LogP contribution in [0.4, 0.5) is 18.0 Å². The van der Waals surface area contributed by atoms with Gasteiger partial charge < -0.3 is 19.7 Å². The summed E-state index contributed by atoms with van der Waals surface area (Å²) in [6.45, 7) is 3.70.